The van der Waals surface area contributed by atoms with Crippen LogP contribution in [0.2, 0.25) is 0 Å². The van der Waals surface area contributed by atoms with Gasteiger partial charge in [0.15, 0.2) is 0 Å². The van der Waals surface area contributed by atoms with E-state index in [1.54, 1.807) is 48.5 Å². The van der Waals surface area contributed by atoms with Crippen molar-refractivity contribution in [3.05, 3.63) is 54.1 Å². The molecule has 1 heterocycles. The highest BCUT2D eigenvalue weighted by molar-refractivity contribution is 6.23. The topological polar surface area (TPSA) is 97.0 Å². The van der Waals surface area contributed by atoms with E-state index in [-0.39, 0.29) is 6.42 Å². The van der Waals surface area contributed by atoms with Crippen LogP contribution in [0.25, 0.3) is 0 Å². The smallest absolute Gasteiger partial charge is 0.265 e. The van der Waals surface area contributed by atoms with Crippen LogP contribution in [0.3, 0.4) is 0 Å². The van der Waals surface area contributed by atoms with Gasteiger partial charge in [-0.3, -0.25) is 19.8 Å². The van der Waals surface area contributed by atoms with Gasteiger partial charge in [-0.2, -0.15) is 0 Å². The number of ether oxygens (including phenoxy) is 2. The molecule has 3 amide bonds. The molecule has 0 saturated carbocycles. The number of benzene rings is 2. The molecule has 8 nitrogen and oxygen atoms in total. The van der Waals surface area contributed by atoms with Crippen LogP contribution in [0.1, 0.15) is 16.8 Å². The fourth-order valence-electron chi connectivity index (χ4n) is 2.78. The van der Waals surface area contributed by atoms with Gasteiger partial charge >= 0.3 is 0 Å². The molecule has 27 heavy (non-hydrogen) atoms. The number of amides is 3. The van der Waals surface area contributed by atoms with Crippen molar-refractivity contribution in [1.29, 1.82) is 0 Å². The van der Waals surface area contributed by atoms with E-state index in [2.05, 4.69) is 10.9 Å². The third kappa shape index (κ3) is 3.75. The number of anilines is 1. The monoisotopic (exact) mass is 369 g/mol. The van der Waals surface area contributed by atoms with Crippen molar-refractivity contribution < 1.29 is 23.9 Å². The molecule has 3 rings (SSSR count). The first-order chi connectivity index (χ1) is 13.0. The van der Waals surface area contributed by atoms with Crippen LogP contribution in [0.5, 0.6) is 11.5 Å². The summed E-state index contributed by atoms with van der Waals surface area (Å²) in [5, 5.41) is 0. The molecule has 0 aliphatic carbocycles. The molecule has 8 heteroatoms. The Bertz CT molecular complexity index is 869. The predicted molar refractivity (Wildman–Crippen MR) is 97.5 cm³/mol. The highest BCUT2D eigenvalue weighted by atomic mass is 16.5. The summed E-state index contributed by atoms with van der Waals surface area (Å²) in [7, 11) is 2.94. The van der Waals surface area contributed by atoms with Gasteiger partial charge in [-0.25, -0.2) is 10.3 Å². The van der Waals surface area contributed by atoms with Crippen LogP contribution in [0.15, 0.2) is 48.5 Å². The third-order valence-electron chi connectivity index (χ3n) is 4.17. The minimum absolute atomic E-state index is 0.0890. The summed E-state index contributed by atoms with van der Waals surface area (Å²) in [6.07, 6.45) is -0.0890. The van der Waals surface area contributed by atoms with E-state index in [9.17, 15) is 14.4 Å². The van der Waals surface area contributed by atoms with Crippen molar-refractivity contribution in [2.75, 3.05) is 19.1 Å². The first-order valence-electron chi connectivity index (χ1n) is 8.25. The summed E-state index contributed by atoms with van der Waals surface area (Å²) in [4.78, 5) is 38.3. The lowest BCUT2D eigenvalue weighted by Gasteiger charge is -2.19. The average molecular weight is 369 g/mol. The molecule has 2 N–H and O–H groups in total. The standard InChI is InChI=1S/C19H19N3O5/c1-26-13-8-9-16(27-2)15(10-13)22-17(23)11-14(19(22)25)20-21-18(24)12-6-4-3-5-7-12/h3-10,14,20H,11H2,1-2H3,(H,21,24). The SMILES string of the molecule is COc1ccc(OC)c(N2C(=O)CC(NNC(=O)c3ccccc3)C2=O)c1. The third-order valence-corrected chi connectivity index (χ3v) is 4.17. The van der Waals surface area contributed by atoms with E-state index in [0.717, 1.165) is 4.90 Å². The van der Waals surface area contributed by atoms with Crippen molar-refractivity contribution in [2.45, 2.75) is 12.5 Å². The van der Waals surface area contributed by atoms with Gasteiger partial charge in [-0.1, -0.05) is 18.2 Å². The summed E-state index contributed by atoms with van der Waals surface area (Å²) >= 11 is 0. The molecule has 2 aromatic rings. The van der Waals surface area contributed by atoms with Crippen LogP contribution in [-0.4, -0.2) is 38.0 Å². The van der Waals surface area contributed by atoms with E-state index >= 15 is 0 Å². The molecule has 1 atom stereocenters. The normalized spacial score (nSPS) is 16.4. The molecule has 0 radical (unpaired) electrons. The Balaban J connectivity index is 1.75. The summed E-state index contributed by atoms with van der Waals surface area (Å²) in [5.74, 6) is -0.433. The minimum Gasteiger partial charge on any atom is -0.497 e. The first-order valence-corrected chi connectivity index (χ1v) is 8.25. The lowest BCUT2D eigenvalue weighted by atomic mass is 10.2. The van der Waals surface area contributed by atoms with E-state index < -0.39 is 23.8 Å². The zero-order valence-corrected chi connectivity index (χ0v) is 14.9. The van der Waals surface area contributed by atoms with Crippen LogP contribution < -0.4 is 25.2 Å². The first kappa shape index (κ1) is 18.4. The molecule has 0 bridgehead atoms. The van der Waals surface area contributed by atoms with Crippen molar-refractivity contribution in [1.82, 2.24) is 10.9 Å². The van der Waals surface area contributed by atoms with E-state index in [0.29, 0.717) is 22.7 Å². The van der Waals surface area contributed by atoms with Crippen LogP contribution in [-0.2, 0) is 9.59 Å². The van der Waals surface area contributed by atoms with Gasteiger partial charge in [0.1, 0.15) is 17.5 Å². The number of hydrazine groups is 1. The lowest BCUT2D eigenvalue weighted by molar-refractivity contribution is -0.121. The Morgan fingerprint density at radius 3 is 2.48 bits per heavy atom. The molecule has 1 aliphatic rings. The molecule has 1 saturated heterocycles. The van der Waals surface area contributed by atoms with Crippen LogP contribution >= 0.6 is 0 Å². The number of nitrogens with one attached hydrogen (secondary N) is 2. The molecule has 1 aliphatic heterocycles. The van der Waals surface area contributed by atoms with E-state index in [1.165, 1.54) is 14.2 Å². The highest BCUT2D eigenvalue weighted by Crippen LogP contribution is 2.35. The molecule has 1 unspecified atom stereocenters. The van der Waals surface area contributed by atoms with Gasteiger partial charge in [0.25, 0.3) is 11.8 Å². The molecule has 2 aromatic carbocycles. The van der Waals surface area contributed by atoms with E-state index in [4.69, 9.17) is 9.47 Å². The Hall–Kier alpha value is -3.39. The maximum atomic E-state index is 12.7. The molecule has 140 valence electrons. The van der Waals surface area contributed by atoms with Gasteiger partial charge in [0, 0.05) is 11.6 Å². The number of imide groups is 1. The maximum Gasteiger partial charge on any atom is 0.265 e. The van der Waals surface area contributed by atoms with Crippen LogP contribution in [0.4, 0.5) is 5.69 Å². The van der Waals surface area contributed by atoms with Crippen molar-refractivity contribution in [2.24, 2.45) is 0 Å². The lowest BCUT2D eigenvalue weighted by Crippen LogP contribution is -2.48. The summed E-state index contributed by atoms with van der Waals surface area (Å²) < 4.78 is 10.4. The summed E-state index contributed by atoms with van der Waals surface area (Å²) in [6.45, 7) is 0. The highest BCUT2D eigenvalue weighted by Gasteiger charge is 2.41. The number of nitrogens with zero attached hydrogens (tertiary/aromatic N) is 1. The Morgan fingerprint density at radius 1 is 1.07 bits per heavy atom. The molecular formula is C19H19N3O5. The Morgan fingerprint density at radius 2 is 1.81 bits per heavy atom. The van der Waals surface area contributed by atoms with Crippen molar-refractivity contribution >= 4 is 23.4 Å². The number of carbonyl (C=O) groups excluding carboxylic acids is 3. The van der Waals surface area contributed by atoms with Gasteiger partial charge in [0.2, 0.25) is 5.91 Å². The Labute approximate surface area is 156 Å². The maximum absolute atomic E-state index is 12.7. The van der Waals surface area contributed by atoms with Crippen LogP contribution in [0, 0.1) is 0 Å². The fourth-order valence-corrected chi connectivity index (χ4v) is 2.78. The molecule has 0 aromatic heterocycles. The molecule has 0 spiro atoms. The average Bonchev–Trinajstić information content (AvgIpc) is 2.99. The van der Waals surface area contributed by atoms with Gasteiger partial charge in [-0.05, 0) is 24.3 Å². The largest absolute Gasteiger partial charge is 0.497 e. The zero-order chi connectivity index (χ0) is 19.4. The number of rotatable bonds is 6. The number of methoxy groups -OCH3 is 2. The van der Waals surface area contributed by atoms with Crippen molar-refractivity contribution in [3.63, 3.8) is 0 Å². The number of carbonyl (C=O) groups is 3. The van der Waals surface area contributed by atoms with E-state index in [1.807, 2.05) is 0 Å². The second-order valence-corrected chi connectivity index (χ2v) is 5.83. The molecule has 1 fully saturated rings. The van der Waals surface area contributed by atoms with Gasteiger partial charge in [0.05, 0.1) is 26.3 Å². The zero-order valence-electron chi connectivity index (χ0n) is 14.9. The number of hydrogen-bond donors (Lipinski definition) is 2. The predicted octanol–water partition coefficient (Wildman–Crippen LogP) is 1.27. The van der Waals surface area contributed by atoms with Crippen molar-refractivity contribution in [3.8, 4) is 11.5 Å². The summed E-state index contributed by atoms with van der Waals surface area (Å²) in [5.41, 5.74) is 5.85. The Kier molecular flexibility index (Phi) is 5.37. The quantitative estimate of drug-likeness (QED) is 0.588. The molecular weight excluding hydrogens is 350 g/mol. The second-order valence-electron chi connectivity index (χ2n) is 5.83. The second kappa shape index (κ2) is 7.88. The van der Waals surface area contributed by atoms with Gasteiger partial charge < -0.3 is 9.47 Å². The van der Waals surface area contributed by atoms with Gasteiger partial charge in [-0.15, -0.1) is 0 Å². The summed E-state index contributed by atoms with van der Waals surface area (Å²) in [6, 6.07) is 12.5. The minimum atomic E-state index is -0.874. The number of hydrogen-bond acceptors (Lipinski definition) is 6. The fraction of sp³-hybridized carbons (Fsp3) is 0.211.